The summed E-state index contributed by atoms with van der Waals surface area (Å²) in [6, 6.07) is 3.82. The van der Waals surface area contributed by atoms with Gasteiger partial charge in [-0.05, 0) is 36.5 Å². The highest BCUT2D eigenvalue weighted by molar-refractivity contribution is 6.31. The molecule has 0 radical (unpaired) electrons. The Morgan fingerprint density at radius 1 is 1.43 bits per heavy atom. The SMILES string of the molecule is CCC#CC(=O)N1CCCC(c2ccc(C(F)(F)F)c(Cl)c2)C1. The van der Waals surface area contributed by atoms with E-state index < -0.39 is 11.7 Å². The van der Waals surface area contributed by atoms with E-state index in [2.05, 4.69) is 11.8 Å². The number of likely N-dealkylation sites (tertiary alicyclic amines) is 1. The molecule has 2 nitrogen and oxygen atoms in total. The van der Waals surface area contributed by atoms with Crippen LogP contribution < -0.4 is 0 Å². The molecule has 0 aliphatic carbocycles. The van der Waals surface area contributed by atoms with Crippen molar-refractivity contribution in [3.05, 3.63) is 34.3 Å². The maximum absolute atomic E-state index is 12.8. The highest BCUT2D eigenvalue weighted by Gasteiger charge is 2.33. The van der Waals surface area contributed by atoms with Crippen LogP contribution in [0.15, 0.2) is 18.2 Å². The average molecular weight is 344 g/mol. The summed E-state index contributed by atoms with van der Waals surface area (Å²) >= 11 is 5.78. The van der Waals surface area contributed by atoms with Gasteiger partial charge in [0.25, 0.3) is 5.91 Å². The lowest BCUT2D eigenvalue weighted by atomic mass is 9.90. The first-order chi connectivity index (χ1) is 10.8. The Balaban J connectivity index is 2.16. The monoisotopic (exact) mass is 343 g/mol. The summed E-state index contributed by atoms with van der Waals surface area (Å²) in [6.07, 6.45) is -2.24. The molecule has 1 aliphatic heterocycles. The quantitative estimate of drug-likeness (QED) is 0.688. The number of amides is 1. The number of nitrogens with zero attached hydrogens (tertiary/aromatic N) is 1. The van der Waals surface area contributed by atoms with Crippen molar-refractivity contribution in [3.63, 3.8) is 0 Å². The molecule has 1 aromatic carbocycles. The number of benzene rings is 1. The number of piperidine rings is 1. The van der Waals surface area contributed by atoms with E-state index in [1.54, 1.807) is 4.90 Å². The molecule has 0 aromatic heterocycles. The van der Waals surface area contributed by atoms with Crippen molar-refractivity contribution in [1.82, 2.24) is 4.90 Å². The van der Waals surface area contributed by atoms with E-state index in [1.165, 1.54) is 12.1 Å². The van der Waals surface area contributed by atoms with Crippen molar-refractivity contribution in [2.45, 2.75) is 38.3 Å². The number of hydrogen-bond acceptors (Lipinski definition) is 1. The first-order valence-electron chi connectivity index (χ1n) is 7.47. The predicted molar refractivity (Wildman–Crippen MR) is 83.1 cm³/mol. The van der Waals surface area contributed by atoms with Crippen LogP contribution in [0.25, 0.3) is 0 Å². The van der Waals surface area contributed by atoms with E-state index >= 15 is 0 Å². The van der Waals surface area contributed by atoms with Crippen molar-refractivity contribution in [3.8, 4) is 11.8 Å². The molecule has 1 unspecified atom stereocenters. The van der Waals surface area contributed by atoms with Crippen LogP contribution in [0, 0.1) is 11.8 Å². The van der Waals surface area contributed by atoms with Crippen molar-refractivity contribution in [2.24, 2.45) is 0 Å². The zero-order valence-electron chi connectivity index (χ0n) is 12.7. The summed E-state index contributed by atoms with van der Waals surface area (Å²) in [6.45, 7) is 2.95. The second-order valence-corrected chi connectivity index (χ2v) is 5.89. The zero-order chi connectivity index (χ0) is 17.0. The smallest absolute Gasteiger partial charge is 0.331 e. The maximum atomic E-state index is 12.8. The fourth-order valence-electron chi connectivity index (χ4n) is 2.69. The van der Waals surface area contributed by atoms with Crippen LogP contribution >= 0.6 is 11.6 Å². The van der Waals surface area contributed by atoms with Crippen LogP contribution in [0.2, 0.25) is 5.02 Å². The van der Waals surface area contributed by atoms with E-state index in [4.69, 9.17) is 11.6 Å². The second kappa shape index (κ2) is 7.27. The van der Waals surface area contributed by atoms with Gasteiger partial charge in [-0.1, -0.05) is 30.5 Å². The molecule has 0 spiro atoms. The van der Waals surface area contributed by atoms with Gasteiger partial charge < -0.3 is 4.90 Å². The molecular formula is C17H17ClF3NO. The Morgan fingerprint density at radius 3 is 2.78 bits per heavy atom. The van der Waals surface area contributed by atoms with Crippen LogP contribution in [0.5, 0.6) is 0 Å². The van der Waals surface area contributed by atoms with Crippen LogP contribution in [0.3, 0.4) is 0 Å². The first kappa shape index (κ1) is 17.7. The molecule has 1 aromatic rings. The minimum absolute atomic E-state index is 0.0177. The van der Waals surface area contributed by atoms with Crippen molar-refractivity contribution < 1.29 is 18.0 Å². The molecule has 1 heterocycles. The summed E-state index contributed by atoms with van der Waals surface area (Å²) in [5.74, 6) is 5.08. The van der Waals surface area contributed by atoms with E-state index in [0.29, 0.717) is 19.5 Å². The minimum atomic E-state index is -4.46. The van der Waals surface area contributed by atoms with Crippen molar-refractivity contribution in [2.75, 3.05) is 13.1 Å². The molecule has 0 saturated carbocycles. The van der Waals surface area contributed by atoms with Gasteiger partial charge >= 0.3 is 6.18 Å². The third-order valence-electron chi connectivity index (χ3n) is 3.85. The minimum Gasteiger partial charge on any atom is -0.331 e. The standard InChI is InChI=1S/C17H17ClF3NO/c1-2-3-6-16(23)22-9-4-5-13(11-22)12-7-8-14(15(18)10-12)17(19,20)21/h7-8,10,13H,2,4-5,9,11H2,1H3. The molecule has 1 aliphatic rings. The lowest BCUT2D eigenvalue weighted by molar-refractivity contribution is -0.137. The normalized spacial score (nSPS) is 18.3. The molecule has 1 fully saturated rings. The molecule has 124 valence electrons. The Kier molecular flexibility index (Phi) is 5.59. The van der Waals surface area contributed by atoms with Gasteiger partial charge in [0.05, 0.1) is 10.6 Å². The fraction of sp³-hybridized carbons (Fsp3) is 0.471. The molecular weight excluding hydrogens is 327 g/mol. The number of rotatable bonds is 1. The number of halogens is 4. The Labute approximate surface area is 138 Å². The highest BCUT2D eigenvalue weighted by Crippen LogP contribution is 2.37. The van der Waals surface area contributed by atoms with E-state index in [-0.39, 0.29) is 16.8 Å². The number of carbonyl (C=O) groups excluding carboxylic acids is 1. The summed E-state index contributed by atoms with van der Waals surface area (Å²) in [7, 11) is 0. The molecule has 0 bridgehead atoms. The average Bonchev–Trinajstić information content (AvgIpc) is 2.51. The van der Waals surface area contributed by atoms with Gasteiger partial charge in [-0.2, -0.15) is 13.2 Å². The van der Waals surface area contributed by atoms with Gasteiger partial charge in [-0.15, -0.1) is 0 Å². The molecule has 23 heavy (non-hydrogen) atoms. The maximum Gasteiger partial charge on any atom is 0.417 e. The molecule has 0 N–H and O–H groups in total. The summed E-state index contributed by atoms with van der Waals surface area (Å²) in [5, 5.41) is -0.302. The van der Waals surface area contributed by atoms with Crippen LogP contribution in [0.1, 0.15) is 43.2 Å². The highest BCUT2D eigenvalue weighted by atomic mass is 35.5. The third kappa shape index (κ3) is 4.42. The summed E-state index contributed by atoms with van der Waals surface area (Å²) in [4.78, 5) is 13.6. The van der Waals surface area contributed by atoms with Crippen LogP contribution in [0.4, 0.5) is 13.2 Å². The summed E-state index contributed by atoms with van der Waals surface area (Å²) < 4.78 is 38.3. The number of carbonyl (C=O) groups is 1. The predicted octanol–water partition coefficient (Wildman–Crippen LogP) is 4.48. The molecule has 1 atom stereocenters. The zero-order valence-corrected chi connectivity index (χ0v) is 13.5. The van der Waals surface area contributed by atoms with E-state index in [1.807, 2.05) is 6.92 Å². The summed E-state index contributed by atoms with van der Waals surface area (Å²) in [5.41, 5.74) is -0.107. The van der Waals surface area contributed by atoms with Gasteiger partial charge in [-0.3, -0.25) is 4.79 Å². The van der Waals surface area contributed by atoms with E-state index in [0.717, 1.165) is 24.5 Å². The van der Waals surface area contributed by atoms with Gasteiger partial charge in [0, 0.05) is 25.4 Å². The van der Waals surface area contributed by atoms with Crippen molar-refractivity contribution >= 4 is 17.5 Å². The second-order valence-electron chi connectivity index (χ2n) is 5.48. The van der Waals surface area contributed by atoms with Crippen LogP contribution in [-0.2, 0) is 11.0 Å². The van der Waals surface area contributed by atoms with E-state index in [9.17, 15) is 18.0 Å². The van der Waals surface area contributed by atoms with Crippen molar-refractivity contribution in [1.29, 1.82) is 0 Å². The Morgan fingerprint density at radius 2 is 2.17 bits per heavy atom. The van der Waals surface area contributed by atoms with Gasteiger partial charge in [0.15, 0.2) is 0 Å². The van der Waals surface area contributed by atoms with Crippen LogP contribution in [-0.4, -0.2) is 23.9 Å². The fourth-order valence-corrected chi connectivity index (χ4v) is 2.99. The lowest BCUT2D eigenvalue weighted by Gasteiger charge is -2.32. The Hall–Kier alpha value is -1.67. The van der Waals surface area contributed by atoms with Gasteiger partial charge in [0.2, 0.25) is 0 Å². The molecule has 2 rings (SSSR count). The van der Waals surface area contributed by atoms with Gasteiger partial charge in [0.1, 0.15) is 0 Å². The molecule has 6 heteroatoms. The first-order valence-corrected chi connectivity index (χ1v) is 7.85. The largest absolute Gasteiger partial charge is 0.417 e. The third-order valence-corrected chi connectivity index (χ3v) is 4.16. The number of hydrogen-bond donors (Lipinski definition) is 0. The molecule has 1 amide bonds. The molecule has 1 saturated heterocycles. The van der Waals surface area contributed by atoms with Gasteiger partial charge in [-0.25, -0.2) is 0 Å². The lowest BCUT2D eigenvalue weighted by Crippen LogP contribution is -2.38. The number of alkyl halides is 3. The topological polar surface area (TPSA) is 20.3 Å². The Bertz CT molecular complexity index is 645.